The number of carboxylic acid groups (broad SMARTS) is 1. The van der Waals surface area contributed by atoms with E-state index in [1.165, 1.54) is 4.90 Å². The third-order valence-corrected chi connectivity index (χ3v) is 10.8. The topological polar surface area (TPSA) is 149 Å². The molecule has 244 valence electrons. The molecule has 1 aromatic heterocycles. The number of carbonyl (C=O) groups is 4. The first kappa shape index (κ1) is 31.6. The minimum Gasteiger partial charge on any atom is -0.465 e. The fourth-order valence-electron chi connectivity index (χ4n) is 8.30. The van der Waals surface area contributed by atoms with E-state index < -0.39 is 35.5 Å². The van der Waals surface area contributed by atoms with E-state index in [0.717, 1.165) is 53.4 Å². The lowest BCUT2D eigenvalue weighted by atomic mass is 9.77. The maximum absolute atomic E-state index is 15.1. The number of likely N-dealkylation sites (tertiary alicyclic amines) is 1. The van der Waals surface area contributed by atoms with Crippen molar-refractivity contribution in [3.05, 3.63) is 71.4 Å². The summed E-state index contributed by atoms with van der Waals surface area (Å²) >= 11 is 0. The molecule has 46 heavy (non-hydrogen) atoms. The van der Waals surface area contributed by atoms with E-state index in [2.05, 4.69) is 10.3 Å². The van der Waals surface area contributed by atoms with Crippen molar-refractivity contribution in [1.29, 1.82) is 0 Å². The van der Waals surface area contributed by atoms with Crippen LogP contribution in [0.15, 0.2) is 54.6 Å². The lowest BCUT2D eigenvalue weighted by Crippen LogP contribution is -2.67. The predicted molar refractivity (Wildman–Crippen MR) is 175 cm³/mol. The highest BCUT2D eigenvalue weighted by atomic mass is 16.4. The molecule has 3 aromatic rings. The van der Waals surface area contributed by atoms with Gasteiger partial charge in [-0.3, -0.25) is 19.3 Å². The number of H-pyrrole nitrogens is 1. The number of nitrogens with one attached hydrogen (secondary N) is 2. The van der Waals surface area contributed by atoms with E-state index in [0.29, 0.717) is 25.7 Å². The Morgan fingerprint density at radius 2 is 1.80 bits per heavy atom. The Labute approximate surface area is 269 Å². The molecule has 6 atom stereocenters. The average Bonchev–Trinajstić information content (AvgIpc) is 3.63. The van der Waals surface area contributed by atoms with Crippen molar-refractivity contribution in [3.8, 4) is 0 Å². The van der Waals surface area contributed by atoms with Gasteiger partial charge in [-0.25, -0.2) is 4.79 Å². The zero-order valence-electron chi connectivity index (χ0n) is 26.7. The number of hydrogen-bond acceptors (Lipinski definition) is 4. The minimum atomic E-state index is -1.38. The summed E-state index contributed by atoms with van der Waals surface area (Å²) in [7, 11) is 0. The van der Waals surface area contributed by atoms with Crippen LogP contribution < -0.4 is 11.1 Å². The smallest absolute Gasteiger partial charge is 0.408 e. The van der Waals surface area contributed by atoms with E-state index >= 15 is 4.79 Å². The highest BCUT2D eigenvalue weighted by Crippen LogP contribution is 2.43. The maximum atomic E-state index is 15.1. The lowest BCUT2D eigenvalue weighted by Gasteiger charge is -2.44. The van der Waals surface area contributed by atoms with Crippen LogP contribution >= 0.6 is 0 Å². The second-order valence-electron chi connectivity index (χ2n) is 13.6. The molecule has 1 saturated carbocycles. The van der Waals surface area contributed by atoms with Crippen LogP contribution in [0.5, 0.6) is 0 Å². The number of carbonyl (C=O) groups excluding carboxylic acids is 3. The van der Waals surface area contributed by atoms with Crippen molar-refractivity contribution in [2.75, 3.05) is 0 Å². The number of nitrogens with zero attached hydrogens (tertiary/aromatic N) is 2. The molecular weight excluding hydrogens is 582 g/mol. The second-order valence-corrected chi connectivity index (χ2v) is 13.6. The molecule has 3 aliphatic rings. The molecule has 2 unspecified atom stereocenters. The number of aromatic amines is 1. The molecule has 0 spiro atoms. The largest absolute Gasteiger partial charge is 0.465 e. The van der Waals surface area contributed by atoms with Crippen molar-refractivity contribution < 1.29 is 24.3 Å². The summed E-state index contributed by atoms with van der Waals surface area (Å²) in [5, 5.41) is 14.6. The first-order valence-electron chi connectivity index (χ1n) is 16.7. The van der Waals surface area contributed by atoms with Gasteiger partial charge in [0.25, 0.3) is 0 Å². The number of amides is 4. The minimum absolute atomic E-state index is 0.0335. The van der Waals surface area contributed by atoms with E-state index in [4.69, 9.17) is 5.73 Å². The SMILES string of the molecule is CC[C@H](C)[C@@H](C(=O)N[C@]1(C(=O)N2C3CCCCC3C[C@H]2C(N)=O)CCc2[nH]c3ccccc3c2C1)N(Cc1ccccc1)C(=O)O. The highest BCUT2D eigenvalue weighted by molar-refractivity contribution is 5.98. The zero-order chi connectivity index (χ0) is 32.6. The number of nitrogens with two attached hydrogens (primary N) is 1. The average molecular weight is 628 g/mol. The molecule has 6 rings (SSSR count). The van der Waals surface area contributed by atoms with Crippen LogP contribution in [-0.4, -0.2) is 67.4 Å². The van der Waals surface area contributed by atoms with Gasteiger partial charge in [0.2, 0.25) is 17.7 Å². The van der Waals surface area contributed by atoms with E-state index in [-0.39, 0.29) is 36.8 Å². The Morgan fingerprint density at radius 3 is 2.52 bits per heavy atom. The molecule has 5 N–H and O–H groups in total. The van der Waals surface area contributed by atoms with Gasteiger partial charge in [-0.2, -0.15) is 0 Å². The predicted octanol–water partition coefficient (Wildman–Crippen LogP) is 4.75. The zero-order valence-corrected chi connectivity index (χ0v) is 26.7. The molecule has 10 heteroatoms. The number of rotatable bonds is 9. The standard InChI is InChI=1S/C36H45N5O5/c1-3-22(2)31(40(35(45)46)21-23-11-5-4-6-12-23)33(43)39-36(18-17-28-26(20-36)25-14-8-9-15-27(25)38-28)34(44)41-29-16-10-7-13-24(29)19-30(41)32(37)42/h4-6,8-9,11-12,14-15,22,24,29-31,38H,3,7,10,13,16-21H2,1-2H3,(H2,37,42)(H,39,43)(H,45,46)/t22-,24?,29?,30-,31-,36+/m0/s1. The summed E-state index contributed by atoms with van der Waals surface area (Å²) < 4.78 is 0. The van der Waals surface area contributed by atoms with Gasteiger partial charge in [0.05, 0.1) is 0 Å². The van der Waals surface area contributed by atoms with Gasteiger partial charge < -0.3 is 26.0 Å². The van der Waals surface area contributed by atoms with Crippen LogP contribution in [0.25, 0.3) is 10.9 Å². The van der Waals surface area contributed by atoms with Crippen LogP contribution in [-0.2, 0) is 33.8 Å². The number of hydrogen-bond donors (Lipinski definition) is 4. The van der Waals surface area contributed by atoms with Crippen molar-refractivity contribution >= 4 is 34.7 Å². The monoisotopic (exact) mass is 627 g/mol. The molecule has 0 bridgehead atoms. The Bertz CT molecular complexity index is 1620. The third kappa shape index (κ3) is 5.74. The first-order chi connectivity index (χ1) is 22.1. The number of fused-ring (bicyclic) bond motifs is 4. The van der Waals surface area contributed by atoms with Crippen molar-refractivity contribution in [1.82, 2.24) is 20.1 Å². The molecular formula is C36H45N5O5. The fraction of sp³-hybridized carbons (Fsp3) is 0.500. The first-order valence-corrected chi connectivity index (χ1v) is 16.7. The summed E-state index contributed by atoms with van der Waals surface area (Å²) in [4.78, 5) is 61.7. The van der Waals surface area contributed by atoms with Crippen molar-refractivity contribution in [2.45, 2.75) is 102 Å². The Morgan fingerprint density at radius 1 is 1.09 bits per heavy atom. The Hall–Kier alpha value is -4.34. The summed E-state index contributed by atoms with van der Waals surface area (Å²) in [5.74, 6) is -1.45. The summed E-state index contributed by atoms with van der Waals surface area (Å²) in [6, 6.07) is 15.2. The normalized spacial score (nSPS) is 25.3. The van der Waals surface area contributed by atoms with E-state index in [9.17, 15) is 19.5 Å². The number of aromatic nitrogens is 1. The van der Waals surface area contributed by atoms with Crippen molar-refractivity contribution in [2.24, 2.45) is 17.6 Å². The summed E-state index contributed by atoms with van der Waals surface area (Å²) in [6.45, 7) is 3.83. The van der Waals surface area contributed by atoms with Crippen LogP contribution in [0.2, 0.25) is 0 Å². The third-order valence-electron chi connectivity index (χ3n) is 10.8. The molecule has 4 amide bonds. The van der Waals surface area contributed by atoms with Crippen LogP contribution in [0.3, 0.4) is 0 Å². The Kier molecular flexibility index (Phi) is 8.81. The molecule has 2 aliphatic carbocycles. The quantitative estimate of drug-likeness (QED) is 0.270. The molecule has 2 heterocycles. The number of para-hydroxylation sites is 1. The lowest BCUT2D eigenvalue weighted by molar-refractivity contribution is -0.149. The van der Waals surface area contributed by atoms with Gasteiger partial charge in [-0.15, -0.1) is 0 Å². The fourth-order valence-corrected chi connectivity index (χ4v) is 8.30. The number of benzene rings is 2. The second kappa shape index (κ2) is 12.8. The van der Waals surface area contributed by atoms with Crippen LogP contribution in [0.1, 0.15) is 75.6 Å². The molecule has 2 aromatic carbocycles. The van der Waals surface area contributed by atoms with Crippen LogP contribution in [0, 0.1) is 11.8 Å². The van der Waals surface area contributed by atoms with Gasteiger partial charge in [0, 0.05) is 35.6 Å². The maximum Gasteiger partial charge on any atom is 0.408 e. The van der Waals surface area contributed by atoms with Gasteiger partial charge in [0.15, 0.2) is 0 Å². The van der Waals surface area contributed by atoms with E-state index in [1.807, 2.05) is 68.4 Å². The molecule has 10 nitrogen and oxygen atoms in total. The summed E-state index contributed by atoms with van der Waals surface area (Å²) in [5.41, 5.74) is 8.28. The van der Waals surface area contributed by atoms with Gasteiger partial charge in [-0.05, 0) is 61.1 Å². The number of aryl methyl sites for hydroxylation is 1. The summed E-state index contributed by atoms with van der Waals surface area (Å²) in [6.07, 6.45) is 4.70. The highest BCUT2D eigenvalue weighted by Gasteiger charge is 2.55. The molecule has 1 saturated heterocycles. The molecule has 2 fully saturated rings. The van der Waals surface area contributed by atoms with Gasteiger partial charge >= 0.3 is 6.09 Å². The van der Waals surface area contributed by atoms with Gasteiger partial charge in [-0.1, -0.05) is 81.6 Å². The molecule has 0 radical (unpaired) electrons. The van der Waals surface area contributed by atoms with Gasteiger partial charge in [0.1, 0.15) is 17.6 Å². The molecule has 1 aliphatic heterocycles. The Balaban J connectivity index is 1.41. The van der Waals surface area contributed by atoms with Crippen molar-refractivity contribution in [3.63, 3.8) is 0 Å². The van der Waals surface area contributed by atoms with Crippen LogP contribution in [0.4, 0.5) is 4.79 Å². The van der Waals surface area contributed by atoms with E-state index in [1.54, 1.807) is 4.90 Å². The number of primary amides is 1.